The lowest BCUT2D eigenvalue weighted by molar-refractivity contribution is -0.418. The fraction of sp³-hybridized carbons (Fsp3) is 0.143. The van der Waals surface area contributed by atoms with Crippen LogP contribution in [0.3, 0.4) is 0 Å². The Kier molecular flexibility index (Phi) is 3.79. The maximum atomic E-state index is 12.0. The van der Waals surface area contributed by atoms with Gasteiger partial charge in [0.15, 0.2) is 9.84 Å². The molecule has 1 atom stereocenters. The molecule has 0 spiro atoms. The largest absolute Gasteiger partial charge is 0.848 e. The number of sulfone groups is 1. The maximum Gasteiger partial charge on any atom is 0.177 e. The predicted molar refractivity (Wildman–Crippen MR) is 67.7 cm³/mol. The van der Waals surface area contributed by atoms with Crippen molar-refractivity contribution in [1.29, 1.82) is 0 Å². The van der Waals surface area contributed by atoms with Gasteiger partial charge in [0.1, 0.15) is 0 Å². The molecular formula is C14H13O3S-. The highest BCUT2D eigenvalue weighted by Crippen LogP contribution is 2.17. The summed E-state index contributed by atoms with van der Waals surface area (Å²) in [5.74, 6) is -0.416. The normalized spacial score (nSPS) is 13.2. The molecule has 2 aromatic rings. The van der Waals surface area contributed by atoms with Gasteiger partial charge in [0.05, 0.1) is 4.90 Å². The first-order chi connectivity index (χ1) is 8.59. The molecule has 1 unspecified atom stereocenters. The molecule has 0 saturated heterocycles. The highest BCUT2D eigenvalue weighted by atomic mass is 32.2. The van der Waals surface area contributed by atoms with Crippen LogP contribution in [0.25, 0.3) is 0 Å². The molecule has 0 bridgehead atoms. The molecule has 0 saturated carbocycles. The lowest BCUT2D eigenvalue weighted by atomic mass is 10.1. The van der Waals surface area contributed by atoms with E-state index in [1.54, 1.807) is 48.5 Å². The highest BCUT2D eigenvalue weighted by molar-refractivity contribution is 7.91. The SMILES string of the molecule is O=S(=O)(CC([O-])c1ccccc1)c1ccccc1. The molecule has 0 aliphatic heterocycles. The van der Waals surface area contributed by atoms with E-state index >= 15 is 0 Å². The van der Waals surface area contributed by atoms with Crippen LogP contribution in [-0.4, -0.2) is 14.2 Å². The summed E-state index contributed by atoms with van der Waals surface area (Å²) in [7, 11) is -3.52. The van der Waals surface area contributed by atoms with Gasteiger partial charge in [0.25, 0.3) is 0 Å². The van der Waals surface area contributed by atoms with E-state index in [4.69, 9.17) is 0 Å². The standard InChI is InChI=1S/C14H13O3S/c15-14(12-7-3-1-4-8-12)11-18(16,17)13-9-5-2-6-10-13/h1-10,14H,11H2/q-1. The zero-order valence-electron chi connectivity index (χ0n) is 9.69. The minimum Gasteiger partial charge on any atom is -0.848 e. The van der Waals surface area contributed by atoms with Gasteiger partial charge >= 0.3 is 0 Å². The van der Waals surface area contributed by atoms with Gasteiger partial charge in [-0.25, -0.2) is 8.42 Å². The third-order valence-electron chi connectivity index (χ3n) is 2.64. The van der Waals surface area contributed by atoms with Crippen molar-refractivity contribution in [3.05, 3.63) is 66.2 Å². The predicted octanol–water partition coefficient (Wildman–Crippen LogP) is 1.56. The molecule has 0 N–H and O–H groups in total. The molecule has 4 heteroatoms. The third kappa shape index (κ3) is 2.97. The first-order valence-corrected chi connectivity index (χ1v) is 7.23. The second-order valence-corrected chi connectivity index (χ2v) is 6.03. The Morgan fingerprint density at radius 3 is 1.94 bits per heavy atom. The Morgan fingerprint density at radius 2 is 1.39 bits per heavy atom. The van der Waals surface area contributed by atoms with Crippen molar-refractivity contribution >= 4 is 9.84 Å². The quantitative estimate of drug-likeness (QED) is 0.839. The Labute approximate surface area is 107 Å². The highest BCUT2D eigenvalue weighted by Gasteiger charge is 2.15. The second-order valence-electron chi connectivity index (χ2n) is 3.99. The summed E-state index contributed by atoms with van der Waals surface area (Å²) in [6, 6.07) is 16.6. The number of hydrogen-bond donors (Lipinski definition) is 0. The molecule has 0 aliphatic rings. The van der Waals surface area contributed by atoms with E-state index in [0.29, 0.717) is 5.56 Å². The average Bonchev–Trinajstić information content (AvgIpc) is 2.40. The molecule has 0 fully saturated rings. The monoisotopic (exact) mass is 261 g/mol. The van der Waals surface area contributed by atoms with Gasteiger partial charge in [-0.05, 0) is 12.1 Å². The Morgan fingerprint density at radius 1 is 0.889 bits per heavy atom. The summed E-state index contributed by atoms with van der Waals surface area (Å²) in [4.78, 5) is 0.196. The topological polar surface area (TPSA) is 57.2 Å². The first-order valence-electron chi connectivity index (χ1n) is 5.58. The number of hydrogen-bond acceptors (Lipinski definition) is 3. The summed E-state index contributed by atoms with van der Waals surface area (Å²) in [6.07, 6.45) is -1.25. The molecule has 2 rings (SSSR count). The minimum absolute atomic E-state index is 0.196. The Hall–Kier alpha value is -1.65. The van der Waals surface area contributed by atoms with Crippen molar-refractivity contribution in [2.24, 2.45) is 0 Å². The lowest BCUT2D eigenvalue weighted by Gasteiger charge is -2.22. The smallest absolute Gasteiger partial charge is 0.177 e. The van der Waals surface area contributed by atoms with Crippen molar-refractivity contribution in [3.63, 3.8) is 0 Å². The van der Waals surface area contributed by atoms with Gasteiger partial charge in [-0.15, -0.1) is 0 Å². The van der Waals surface area contributed by atoms with E-state index in [1.807, 2.05) is 0 Å². The summed E-state index contributed by atoms with van der Waals surface area (Å²) >= 11 is 0. The molecular weight excluding hydrogens is 248 g/mol. The van der Waals surface area contributed by atoms with Gasteiger partial charge in [-0.3, -0.25) is 0 Å². The van der Waals surface area contributed by atoms with Crippen LogP contribution in [0.15, 0.2) is 65.6 Å². The lowest BCUT2D eigenvalue weighted by Crippen LogP contribution is -2.25. The van der Waals surface area contributed by atoms with Gasteiger partial charge in [0, 0.05) is 5.75 Å². The van der Waals surface area contributed by atoms with Crippen LogP contribution in [0.1, 0.15) is 11.7 Å². The Balaban J connectivity index is 2.20. The van der Waals surface area contributed by atoms with Crippen LogP contribution in [0.2, 0.25) is 0 Å². The molecule has 94 valence electrons. The minimum atomic E-state index is -3.52. The second kappa shape index (κ2) is 5.33. The van der Waals surface area contributed by atoms with Crippen molar-refractivity contribution in [2.75, 3.05) is 5.75 Å². The first kappa shape index (κ1) is 12.8. The third-order valence-corrected chi connectivity index (χ3v) is 4.38. The molecule has 0 amide bonds. The molecule has 0 heterocycles. The van der Waals surface area contributed by atoms with Gasteiger partial charge in [0.2, 0.25) is 0 Å². The number of rotatable bonds is 4. The van der Waals surface area contributed by atoms with Crippen LogP contribution >= 0.6 is 0 Å². The zero-order valence-corrected chi connectivity index (χ0v) is 10.5. The van der Waals surface area contributed by atoms with Crippen LogP contribution < -0.4 is 5.11 Å². The van der Waals surface area contributed by atoms with Crippen LogP contribution in [0, 0.1) is 0 Å². The molecule has 0 radical (unpaired) electrons. The van der Waals surface area contributed by atoms with Gasteiger partial charge < -0.3 is 5.11 Å². The van der Waals surface area contributed by atoms with E-state index in [0.717, 1.165) is 0 Å². The molecule has 0 aromatic heterocycles. The fourth-order valence-corrected chi connectivity index (χ4v) is 3.04. The summed E-state index contributed by atoms with van der Waals surface area (Å²) in [5.41, 5.74) is 0.497. The van der Waals surface area contributed by atoms with E-state index in [2.05, 4.69) is 0 Å². The average molecular weight is 261 g/mol. The molecule has 3 nitrogen and oxygen atoms in total. The van der Waals surface area contributed by atoms with Crippen molar-refractivity contribution in [3.8, 4) is 0 Å². The number of benzene rings is 2. The van der Waals surface area contributed by atoms with Crippen LogP contribution in [0.4, 0.5) is 0 Å². The molecule has 18 heavy (non-hydrogen) atoms. The summed E-state index contributed by atoms with van der Waals surface area (Å²) in [5, 5.41) is 11.9. The molecule has 2 aromatic carbocycles. The maximum absolute atomic E-state index is 12.0. The Bertz CT molecular complexity index is 591. The van der Waals surface area contributed by atoms with Crippen LogP contribution in [-0.2, 0) is 9.84 Å². The fourth-order valence-electron chi connectivity index (χ4n) is 1.69. The summed E-state index contributed by atoms with van der Waals surface area (Å²) in [6.45, 7) is 0. The van der Waals surface area contributed by atoms with Crippen molar-refractivity contribution in [1.82, 2.24) is 0 Å². The van der Waals surface area contributed by atoms with Crippen LogP contribution in [0.5, 0.6) is 0 Å². The zero-order chi connectivity index (χ0) is 13.0. The summed E-state index contributed by atoms with van der Waals surface area (Å²) < 4.78 is 24.0. The van der Waals surface area contributed by atoms with E-state index in [-0.39, 0.29) is 4.90 Å². The molecule has 0 aliphatic carbocycles. The van der Waals surface area contributed by atoms with Crippen molar-refractivity contribution in [2.45, 2.75) is 11.0 Å². The van der Waals surface area contributed by atoms with E-state index < -0.39 is 21.7 Å². The van der Waals surface area contributed by atoms with E-state index in [1.165, 1.54) is 12.1 Å². The van der Waals surface area contributed by atoms with E-state index in [9.17, 15) is 13.5 Å². The van der Waals surface area contributed by atoms with Gasteiger partial charge in [-0.2, -0.15) is 0 Å². The van der Waals surface area contributed by atoms with Gasteiger partial charge in [-0.1, -0.05) is 60.2 Å². The van der Waals surface area contributed by atoms with Crippen molar-refractivity contribution < 1.29 is 13.5 Å².